The van der Waals surface area contributed by atoms with E-state index >= 15 is 0 Å². The van der Waals surface area contributed by atoms with Crippen molar-refractivity contribution in [1.82, 2.24) is 4.90 Å². The van der Waals surface area contributed by atoms with E-state index in [0.717, 1.165) is 27.2 Å². The van der Waals surface area contributed by atoms with Crippen LogP contribution >= 0.6 is 35.7 Å². The van der Waals surface area contributed by atoms with Crippen molar-refractivity contribution in [3.05, 3.63) is 34.2 Å². The van der Waals surface area contributed by atoms with Gasteiger partial charge in [-0.3, -0.25) is 9.69 Å². The quantitative estimate of drug-likeness (QED) is 0.344. The zero-order valence-corrected chi connectivity index (χ0v) is 16.9. The predicted octanol–water partition coefficient (Wildman–Crippen LogP) is 0.313. The topological polar surface area (TPSA) is 121 Å². The van der Waals surface area contributed by atoms with E-state index in [2.05, 4.69) is 0 Å². The second-order valence-corrected chi connectivity index (χ2v) is 9.80. The maximum atomic E-state index is 12.7. The highest BCUT2D eigenvalue weighted by atomic mass is 32.2. The molecule has 0 unspecified atom stereocenters. The van der Waals surface area contributed by atoms with Gasteiger partial charge in [0, 0.05) is 17.2 Å². The second kappa shape index (κ2) is 7.80. The summed E-state index contributed by atoms with van der Waals surface area (Å²) in [7, 11) is -4.34. The smallest absolute Gasteiger partial charge is 0.269 e. The van der Waals surface area contributed by atoms with Gasteiger partial charge < -0.3 is 19.4 Å². The Kier molecular flexibility index (Phi) is 5.82. The molecule has 1 fully saturated rings. The van der Waals surface area contributed by atoms with E-state index in [1.807, 2.05) is 18.2 Å². The largest absolute Gasteiger partial charge is 0.748 e. The molecule has 3 rings (SSSR count). The Morgan fingerprint density at radius 2 is 1.89 bits per heavy atom. The van der Waals surface area contributed by atoms with Gasteiger partial charge in [-0.15, -0.1) is 0 Å². The number of hydrogen-bond acceptors (Lipinski definition) is 10. The van der Waals surface area contributed by atoms with Crippen molar-refractivity contribution in [3.8, 4) is 0 Å². The van der Waals surface area contributed by atoms with Gasteiger partial charge in [0.25, 0.3) is 5.91 Å². The highest BCUT2D eigenvalue weighted by Crippen LogP contribution is 2.50. The summed E-state index contributed by atoms with van der Waals surface area (Å²) in [5.41, 5.74) is 0.783. The second-order valence-electron chi connectivity index (χ2n) is 5.60. The highest BCUT2D eigenvalue weighted by molar-refractivity contribution is 8.27. The van der Waals surface area contributed by atoms with Crippen LogP contribution in [0.25, 0.3) is 0 Å². The van der Waals surface area contributed by atoms with Gasteiger partial charge in [-0.25, -0.2) is 8.42 Å². The molecule has 0 spiro atoms. The molecule has 2 aliphatic rings. The summed E-state index contributed by atoms with van der Waals surface area (Å²) in [6, 6.07) is 7.31. The number of thiocarbonyl (C=S) groups is 1. The third kappa shape index (κ3) is 4.46. The van der Waals surface area contributed by atoms with E-state index in [0.29, 0.717) is 5.03 Å². The summed E-state index contributed by atoms with van der Waals surface area (Å²) in [5.74, 6) is -2.47. The van der Waals surface area contributed by atoms with Crippen molar-refractivity contribution in [2.24, 2.45) is 0 Å². The third-order valence-electron chi connectivity index (χ3n) is 3.71. The SMILES string of the molecule is O=C([O-])CN1C(=O)/C(=C2/Sc3ccccc3N2CCCS(=O)(=O)[O-])SC1=S. The molecular weight excluding hydrogens is 432 g/mol. The van der Waals surface area contributed by atoms with Gasteiger partial charge in [-0.2, -0.15) is 0 Å². The molecule has 0 aliphatic carbocycles. The molecule has 0 saturated carbocycles. The van der Waals surface area contributed by atoms with Crippen LogP contribution < -0.4 is 10.0 Å². The summed E-state index contributed by atoms with van der Waals surface area (Å²) in [4.78, 5) is 27.4. The number of nitrogens with zero attached hydrogens (tertiary/aromatic N) is 2. The van der Waals surface area contributed by atoms with Gasteiger partial charge in [-0.05, 0) is 18.6 Å². The van der Waals surface area contributed by atoms with Crippen molar-refractivity contribution in [2.75, 3.05) is 23.7 Å². The number of rotatable bonds is 6. The van der Waals surface area contributed by atoms with E-state index in [9.17, 15) is 27.7 Å². The van der Waals surface area contributed by atoms with Crippen molar-refractivity contribution < 1.29 is 27.7 Å². The van der Waals surface area contributed by atoms with Crippen molar-refractivity contribution in [3.63, 3.8) is 0 Å². The molecule has 1 aromatic rings. The number of amides is 1. The monoisotopic (exact) mass is 444 g/mol. The van der Waals surface area contributed by atoms with Crippen molar-refractivity contribution in [1.29, 1.82) is 0 Å². The molecule has 0 aromatic heterocycles. The zero-order chi connectivity index (χ0) is 19.8. The molecule has 144 valence electrons. The molecule has 12 heteroatoms. The van der Waals surface area contributed by atoms with Crippen LogP contribution in [0, 0.1) is 0 Å². The molecule has 0 radical (unpaired) electrons. The summed E-state index contributed by atoms with van der Waals surface area (Å²) < 4.78 is 32.8. The number of benzene rings is 1. The van der Waals surface area contributed by atoms with E-state index in [1.165, 1.54) is 11.8 Å². The van der Waals surface area contributed by atoms with Gasteiger partial charge in [0.2, 0.25) is 0 Å². The fraction of sp³-hybridized carbons (Fsp3) is 0.267. The van der Waals surface area contributed by atoms with Gasteiger partial charge in [0.05, 0.1) is 28.3 Å². The number of anilines is 1. The summed E-state index contributed by atoms with van der Waals surface area (Å²) in [6.45, 7) is -0.418. The molecular formula is C15H12N2O6S4-2. The fourth-order valence-corrected chi connectivity index (χ4v) is 5.69. The predicted molar refractivity (Wildman–Crippen MR) is 103 cm³/mol. The standard InChI is InChI=1S/C15H14N2O6S4/c18-11(19)8-17-13(20)12(26-15(17)24)14-16(6-3-7-27(21,22)23)9-4-1-2-5-10(9)25-14/h1-2,4-5H,3,6-8H2,(H,18,19)(H,21,22,23)/p-2/b14-12-. The van der Waals surface area contributed by atoms with Crippen LogP contribution in [0.2, 0.25) is 0 Å². The number of thioether (sulfide) groups is 2. The minimum absolute atomic E-state index is 0.0869. The van der Waals surface area contributed by atoms with E-state index in [4.69, 9.17) is 12.2 Å². The number of hydrogen-bond donors (Lipinski definition) is 0. The molecule has 2 aliphatic heterocycles. The fourth-order valence-electron chi connectivity index (χ4n) is 2.62. The van der Waals surface area contributed by atoms with Crippen LogP contribution in [-0.2, 0) is 19.7 Å². The van der Waals surface area contributed by atoms with Crippen LogP contribution in [0.1, 0.15) is 6.42 Å². The third-order valence-corrected chi connectivity index (χ3v) is 7.25. The molecule has 8 nitrogen and oxygen atoms in total. The Bertz CT molecular complexity index is 959. The molecule has 0 bridgehead atoms. The van der Waals surface area contributed by atoms with E-state index < -0.39 is 34.3 Å². The van der Waals surface area contributed by atoms with Gasteiger partial charge in [0.15, 0.2) is 0 Å². The van der Waals surface area contributed by atoms with Gasteiger partial charge in [-0.1, -0.05) is 47.9 Å². The van der Waals surface area contributed by atoms with Crippen molar-refractivity contribution >= 4 is 67.7 Å². The number of aliphatic carboxylic acids is 1. The lowest BCUT2D eigenvalue weighted by atomic mass is 10.3. The number of fused-ring (bicyclic) bond motifs is 1. The van der Waals surface area contributed by atoms with Crippen LogP contribution in [0.5, 0.6) is 0 Å². The Balaban J connectivity index is 1.93. The summed E-state index contributed by atoms with van der Waals surface area (Å²) >= 11 is 7.41. The van der Waals surface area contributed by atoms with Crippen LogP contribution in [0.4, 0.5) is 5.69 Å². The highest BCUT2D eigenvalue weighted by Gasteiger charge is 2.38. The Hall–Kier alpha value is -1.60. The average molecular weight is 445 g/mol. The number of carbonyl (C=O) groups is 2. The van der Waals surface area contributed by atoms with Crippen LogP contribution in [0.15, 0.2) is 39.1 Å². The average Bonchev–Trinajstić information content (AvgIpc) is 3.06. The molecule has 1 aromatic carbocycles. The first-order valence-electron chi connectivity index (χ1n) is 7.63. The van der Waals surface area contributed by atoms with Crippen LogP contribution in [0.3, 0.4) is 0 Å². The number of carboxylic acid groups (broad SMARTS) is 1. The molecule has 0 N–H and O–H groups in total. The minimum atomic E-state index is -4.34. The zero-order valence-electron chi connectivity index (χ0n) is 13.6. The first-order valence-corrected chi connectivity index (χ1v) is 11.2. The maximum Gasteiger partial charge on any atom is 0.269 e. The lowest BCUT2D eigenvalue weighted by molar-refractivity contribution is -0.305. The Labute approximate surface area is 169 Å². The first kappa shape index (κ1) is 20.1. The molecule has 27 heavy (non-hydrogen) atoms. The molecule has 1 saturated heterocycles. The van der Waals surface area contributed by atoms with E-state index in [1.54, 1.807) is 11.0 Å². The Morgan fingerprint density at radius 3 is 2.56 bits per heavy atom. The summed E-state index contributed by atoms with van der Waals surface area (Å²) in [5, 5.41) is 11.4. The van der Waals surface area contributed by atoms with E-state index in [-0.39, 0.29) is 22.2 Å². The van der Waals surface area contributed by atoms with Crippen LogP contribution in [-0.4, -0.2) is 52.9 Å². The summed E-state index contributed by atoms with van der Waals surface area (Å²) in [6.07, 6.45) is 0.0869. The Morgan fingerprint density at radius 1 is 1.19 bits per heavy atom. The van der Waals surface area contributed by atoms with Gasteiger partial charge in [0.1, 0.15) is 14.3 Å². The normalized spacial score (nSPS) is 19.7. The molecule has 1 amide bonds. The molecule has 2 heterocycles. The first-order chi connectivity index (χ1) is 12.7. The van der Waals surface area contributed by atoms with Gasteiger partial charge >= 0.3 is 0 Å². The molecule has 0 atom stereocenters. The van der Waals surface area contributed by atoms with Crippen molar-refractivity contribution in [2.45, 2.75) is 11.3 Å². The minimum Gasteiger partial charge on any atom is -0.748 e. The number of carbonyl (C=O) groups excluding carboxylic acids is 2. The maximum absolute atomic E-state index is 12.7. The lowest BCUT2D eigenvalue weighted by Gasteiger charge is -2.22. The number of carboxylic acids is 1. The number of para-hydroxylation sites is 1. The lowest BCUT2D eigenvalue weighted by Crippen LogP contribution is -2.40.